The van der Waals surface area contributed by atoms with Gasteiger partial charge in [-0.25, -0.2) is 4.79 Å². The highest BCUT2D eigenvalue weighted by Gasteiger charge is 2.13. The minimum Gasteiger partial charge on any atom is -0.454 e. The van der Waals surface area contributed by atoms with Gasteiger partial charge in [-0.3, -0.25) is 4.79 Å². The molecule has 1 heterocycles. The Bertz CT molecular complexity index is 774. The quantitative estimate of drug-likeness (QED) is 0.780. The molecule has 2 aromatic carbocycles. The summed E-state index contributed by atoms with van der Waals surface area (Å²) in [5.74, 6) is 1.38. The molecule has 0 unspecified atom stereocenters. The Labute approximate surface area is 145 Å². The molecule has 3 amide bonds. The van der Waals surface area contributed by atoms with Crippen molar-refractivity contribution in [2.45, 2.75) is 12.8 Å². The van der Waals surface area contributed by atoms with Gasteiger partial charge in [0.1, 0.15) is 0 Å². The fourth-order valence-electron chi connectivity index (χ4n) is 2.41. The fraction of sp³-hybridized carbons (Fsp3) is 0.222. The molecule has 7 nitrogen and oxygen atoms in total. The highest BCUT2D eigenvalue weighted by atomic mass is 16.7. The first kappa shape index (κ1) is 16.6. The monoisotopic (exact) mass is 341 g/mol. The van der Waals surface area contributed by atoms with Gasteiger partial charge in [-0.1, -0.05) is 6.07 Å². The molecular weight excluding hydrogens is 322 g/mol. The van der Waals surface area contributed by atoms with Gasteiger partial charge in [-0.05, 0) is 48.4 Å². The minimum absolute atomic E-state index is 0.0790. The number of hydrogen-bond donors (Lipinski definition) is 3. The molecule has 0 bridgehead atoms. The summed E-state index contributed by atoms with van der Waals surface area (Å²) < 4.78 is 10.6. The Kier molecular flexibility index (Phi) is 5.03. The van der Waals surface area contributed by atoms with E-state index in [1.165, 1.54) is 0 Å². The molecule has 0 radical (unpaired) electrons. The van der Waals surface area contributed by atoms with Crippen LogP contribution in [0.5, 0.6) is 11.5 Å². The number of fused-ring (bicyclic) bond motifs is 1. The molecule has 1 aliphatic heterocycles. The third-order valence-corrected chi connectivity index (χ3v) is 3.73. The summed E-state index contributed by atoms with van der Waals surface area (Å²) in [5.41, 5.74) is 2.35. The van der Waals surface area contributed by atoms with Gasteiger partial charge in [-0.15, -0.1) is 0 Å². The molecule has 0 saturated heterocycles. The Hall–Kier alpha value is -3.22. The number of urea groups is 1. The number of carbonyl (C=O) groups excluding carboxylic acids is 2. The van der Waals surface area contributed by atoms with E-state index >= 15 is 0 Å². The van der Waals surface area contributed by atoms with Gasteiger partial charge in [0, 0.05) is 24.8 Å². The number of benzene rings is 2. The average molecular weight is 341 g/mol. The second-order valence-electron chi connectivity index (χ2n) is 5.52. The molecule has 0 fully saturated rings. The third kappa shape index (κ3) is 4.41. The molecule has 0 aliphatic carbocycles. The Morgan fingerprint density at radius 2 is 1.64 bits per heavy atom. The first-order chi connectivity index (χ1) is 12.1. The highest BCUT2D eigenvalue weighted by molar-refractivity contribution is 5.92. The summed E-state index contributed by atoms with van der Waals surface area (Å²) in [6.07, 6.45) is 0.969. The second kappa shape index (κ2) is 7.57. The van der Waals surface area contributed by atoms with Gasteiger partial charge >= 0.3 is 6.03 Å². The van der Waals surface area contributed by atoms with E-state index in [-0.39, 0.29) is 18.7 Å². The number of hydrogen-bond acceptors (Lipinski definition) is 4. The largest absolute Gasteiger partial charge is 0.454 e. The fourth-order valence-corrected chi connectivity index (χ4v) is 2.41. The van der Waals surface area contributed by atoms with Gasteiger partial charge in [0.25, 0.3) is 0 Å². The van der Waals surface area contributed by atoms with Crippen LogP contribution in [0.25, 0.3) is 0 Å². The zero-order valence-corrected chi connectivity index (χ0v) is 13.8. The Balaban J connectivity index is 1.50. The van der Waals surface area contributed by atoms with E-state index in [4.69, 9.17) is 9.47 Å². The van der Waals surface area contributed by atoms with Gasteiger partial charge in [0.05, 0.1) is 0 Å². The van der Waals surface area contributed by atoms with Crippen molar-refractivity contribution in [2.75, 3.05) is 24.5 Å². The zero-order valence-electron chi connectivity index (χ0n) is 13.8. The van der Waals surface area contributed by atoms with Crippen LogP contribution >= 0.6 is 0 Å². The molecular formula is C18H19N3O4. The molecule has 1 aliphatic rings. The predicted molar refractivity (Wildman–Crippen MR) is 94.0 cm³/mol. The number of nitrogens with one attached hydrogen (secondary N) is 3. The number of aryl methyl sites for hydroxylation is 1. The smallest absolute Gasteiger partial charge is 0.318 e. The van der Waals surface area contributed by atoms with Crippen LogP contribution in [0.4, 0.5) is 16.2 Å². The number of amides is 3. The topological polar surface area (TPSA) is 88.7 Å². The maximum absolute atomic E-state index is 12.1. The van der Waals surface area contributed by atoms with Crippen LogP contribution in [0.1, 0.15) is 12.0 Å². The van der Waals surface area contributed by atoms with Crippen molar-refractivity contribution in [2.24, 2.45) is 0 Å². The van der Waals surface area contributed by atoms with E-state index in [1.807, 2.05) is 18.2 Å². The van der Waals surface area contributed by atoms with Crippen molar-refractivity contribution >= 4 is 23.3 Å². The molecule has 3 rings (SSSR count). The Morgan fingerprint density at radius 3 is 2.36 bits per heavy atom. The first-order valence-corrected chi connectivity index (χ1v) is 7.91. The lowest BCUT2D eigenvalue weighted by atomic mass is 10.1. The van der Waals surface area contributed by atoms with E-state index in [9.17, 15) is 9.59 Å². The summed E-state index contributed by atoms with van der Waals surface area (Å²) >= 11 is 0. The van der Waals surface area contributed by atoms with Crippen LogP contribution in [0.2, 0.25) is 0 Å². The van der Waals surface area contributed by atoms with Gasteiger partial charge in [0.15, 0.2) is 11.5 Å². The van der Waals surface area contributed by atoms with Gasteiger partial charge < -0.3 is 25.4 Å². The third-order valence-electron chi connectivity index (χ3n) is 3.73. The SMILES string of the molecule is CNC(=O)Nc1ccc(NC(=O)CCc2ccc3c(c2)OCO3)cc1. The molecule has 0 aromatic heterocycles. The standard InChI is InChI=1S/C18H19N3O4/c1-19-18(23)21-14-6-4-13(5-7-14)20-17(22)9-3-12-2-8-15-16(10-12)25-11-24-15/h2,4-8,10H,3,9,11H2,1H3,(H,20,22)(H2,19,21,23). The van der Waals surface area contributed by atoms with E-state index < -0.39 is 0 Å². The van der Waals surface area contributed by atoms with Crippen LogP contribution in [-0.4, -0.2) is 25.8 Å². The molecule has 0 saturated carbocycles. The van der Waals surface area contributed by atoms with Crippen molar-refractivity contribution in [3.63, 3.8) is 0 Å². The van der Waals surface area contributed by atoms with E-state index in [1.54, 1.807) is 31.3 Å². The van der Waals surface area contributed by atoms with Crippen LogP contribution < -0.4 is 25.4 Å². The molecule has 2 aromatic rings. The molecule has 7 heteroatoms. The van der Waals surface area contributed by atoms with Crippen LogP contribution in [-0.2, 0) is 11.2 Å². The van der Waals surface area contributed by atoms with E-state index in [2.05, 4.69) is 16.0 Å². The van der Waals surface area contributed by atoms with Crippen molar-refractivity contribution in [1.29, 1.82) is 0 Å². The summed E-state index contributed by atoms with van der Waals surface area (Å²) in [6, 6.07) is 12.3. The van der Waals surface area contributed by atoms with Crippen molar-refractivity contribution < 1.29 is 19.1 Å². The normalized spacial score (nSPS) is 11.7. The molecule has 0 atom stereocenters. The summed E-state index contributed by atoms with van der Waals surface area (Å²) in [5, 5.41) is 7.96. The lowest BCUT2D eigenvalue weighted by molar-refractivity contribution is -0.116. The molecule has 3 N–H and O–H groups in total. The minimum atomic E-state index is -0.291. The predicted octanol–water partition coefficient (Wildman–Crippen LogP) is 2.74. The number of rotatable bonds is 5. The molecule has 25 heavy (non-hydrogen) atoms. The number of carbonyl (C=O) groups is 2. The molecule has 130 valence electrons. The summed E-state index contributed by atoms with van der Waals surface area (Å²) in [7, 11) is 1.55. The maximum Gasteiger partial charge on any atom is 0.318 e. The van der Waals surface area contributed by atoms with Crippen LogP contribution in [0.3, 0.4) is 0 Å². The van der Waals surface area contributed by atoms with Crippen molar-refractivity contribution in [1.82, 2.24) is 5.32 Å². The van der Waals surface area contributed by atoms with E-state index in [0.29, 0.717) is 24.2 Å². The zero-order chi connectivity index (χ0) is 17.6. The highest BCUT2D eigenvalue weighted by Crippen LogP contribution is 2.32. The van der Waals surface area contributed by atoms with Crippen molar-refractivity contribution in [3.8, 4) is 11.5 Å². The second-order valence-corrected chi connectivity index (χ2v) is 5.52. The van der Waals surface area contributed by atoms with Gasteiger partial charge in [0.2, 0.25) is 12.7 Å². The van der Waals surface area contributed by atoms with Crippen LogP contribution in [0.15, 0.2) is 42.5 Å². The van der Waals surface area contributed by atoms with Gasteiger partial charge in [-0.2, -0.15) is 0 Å². The Morgan fingerprint density at radius 1 is 0.960 bits per heavy atom. The number of ether oxygens (including phenoxy) is 2. The summed E-state index contributed by atoms with van der Waals surface area (Å²) in [4.78, 5) is 23.3. The van der Waals surface area contributed by atoms with Crippen LogP contribution in [0, 0.1) is 0 Å². The number of anilines is 2. The summed E-state index contributed by atoms with van der Waals surface area (Å²) in [6.45, 7) is 0.240. The van der Waals surface area contributed by atoms with Crippen molar-refractivity contribution in [3.05, 3.63) is 48.0 Å². The average Bonchev–Trinajstić information content (AvgIpc) is 3.09. The van der Waals surface area contributed by atoms with E-state index in [0.717, 1.165) is 17.1 Å². The first-order valence-electron chi connectivity index (χ1n) is 7.91. The molecule has 0 spiro atoms. The lowest BCUT2D eigenvalue weighted by Gasteiger charge is -2.08. The maximum atomic E-state index is 12.1. The lowest BCUT2D eigenvalue weighted by Crippen LogP contribution is -2.24.